The monoisotopic (exact) mass is 334 g/mol. The molecule has 0 unspecified atom stereocenters. The minimum atomic E-state index is -0.943. The van der Waals surface area contributed by atoms with E-state index in [4.69, 9.17) is 10.5 Å². The summed E-state index contributed by atoms with van der Waals surface area (Å²) in [5.41, 5.74) is 5.15. The van der Waals surface area contributed by atoms with Crippen LogP contribution in [0.5, 0.6) is 5.75 Å². The second kappa shape index (κ2) is 6.57. The molecule has 0 aliphatic heterocycles. The minimum Gasteiger partial charge on any atom is -0.496 e. The number of methoxy groups -OCH3 is 1. The van der Waals surface area contributed by atoms with Gasteiger partial charge in [-0.25, -0.2) is 4.79 Å². The number of hydrogen-bond acceptors (Lipinski definition) is 6. The first-order valence-corrected chi connectivity index (χ1v) is 7.09. The third-order valence-electron chi connectivity index (χ3n) is 3.94. The molecule has 1 heterocycles. The Morgan fingerprint density at radius 2 is 1.88 bits per heavy atom. The van der Waals surface area contributed by atoms with Gasteiger partial charge in [0.25, 0.3) is 5.56 Å². The van der Waals surface area contributed by atoms with Gasteiger partial charge in [-0.05, 0) is 6.07 Å². The summed E-state index contributed by atoms with van der Waals surface area (Å²) in [5, 5.41) is 11.2. The average molecular weight is 334 g/mol. The van der Waals surface area contributed by atoms with Gasteiger partial charge in [0.2, 0.25) is 6.54 Å². The fraction of sp³-hybridized carbons (Fsp3) is 0.333. The normalized spacial score (nSPS) is 12.0. The van der Waals surface area contributed by atoms with E-state index in [0.29, 0.717) is 11.3 Å². The molecular formula is C15H18N4O5. The number of benzene rings is 1. The number of hydrogen-bond donors (Lipinski definition) is 1. The highest BCUT2D eigenvalue weighted by molar-refractivity contribution is 5.49. The Morgan fingerprint density at radius 3 is 2.46 bits per heavy atom. The number of nitrogens with zero attached hydrogens (tertiary/aromatic N) is 3. The molecule has 9 nitrogen and oxygen atoms in total. The quantitative estimate of drug-likeness (QED) is 0.610. The molecule has 0 bridgehead atoms. The van der Waals surface area contributed by atoms with Crippen LogP contribution in [0.4, 0.5) is 5.82 Å². The van der Waals surface area contributed by atoms with Gasteiger partial charge in [-0.2, -0.15) is 0 Å². The second-order valence-electron chi connectivity index (χ2n) is 5.31. The van der Waals surface area contributed by atoms with Crippen LogP contribution in [0.3, 0.4) is 0 Å². The molecule has 1 aromatic heterocycles. The van der Waals surface area contributed by atoms with Gasteiger partial charge >= 0.3 is 5.69 Å². The third-order valence-corrected chi connectivity index (χ3v) is 3.94. The van der Waals surface area contributed by atoms with Crippen LogP contribution in [0.2, 0.25) is 0 Å². The summed E-state index contributed by atoms with van der Waals surface area (Å²) in [6.07, 6.45) is 0. The summed E-state index contributed by atoms with van der Waals surface area (Å²) in [4.78, 5) is 35.2. The van der Waals surface area contributed by atoms with Crippen LogP contribution in [-0.4, -0.2) is 27.7 Å². The maximum absolute atomic E-state index is 12.6. The summed E-state index contributed by atoms with van der Waals surface area (Å²) < 4.78 is 7.23. The average Bonchev–Trinajstić information content (AvgIpc) is 2.57. The van der Waals surface area contributed by atoms with E-state index in [1.165, 1.54) is 21.2 Å². The van der Waals surface area contributed by atoms with Crippen molar-refractivity contribution in [3.05, 3.63) is 66.3 Å². The molecule has 2 rings (SSSR count). The SMILES string of the molecule is COc1ccccc1[C@@H](C[N+](=O)[O-])c1c(N)n(C)c(=O)n(C)c1=O. The van der Waals surface area contributed by atoms with E-state index in [1.54, 1.807) is 24.3 Å². The summed E-state index contributed by atoms with van der Waals surface area (Å²) in [6, 6.07) is 6.68. The number of nitrogens with two attached hydrogens (primary N) is 1. The second-order valence-corrected chi connectivity index (χ2v) is 5.31. The molecule has 1 atom stereocenters. The highest BCUT2D eigenvalue weighted by Crippen LogP contribution is 2.32. The number of nitro groups is 1. The zero-order valence-corrected chi connectivity index (χ0v) is 13.6. The van der Waals surface area contributed by atoms with E-state index >= 15 is 0 Å². The maximum Gasteiger partial charge on any atom is 0.332 e. The van der Waals surface area contributed by atoms with Gasteiger partial charge in [-0.3, -0.25) is 24.0 Å². The lowest BCUT2D eigenvalue weighted by Gasteiger charge is -2.19. The van der Waals surface area contributed by atoms with Crippen molar-refractivity contribution in [2.24, 2.45) is 14.1 Å². The molecular weight excluding hydrogens is 316 g/mol. The van der Waals surface area contributed by atoms with Crippen LogP contribution in [-0.2, 0) is 14.1 Å². The molecule has 0 aliphatic rings. The highest BCUT2D eigenvalue weighted by Gasteiger charge is 2.30. The van der Waals surface area contributed by atoms with E-state index in [9.17, 15) is 19.7 Å². The molecule has 0 saturated heterocycles. The lowest BCUT2D eigenvalue weighted by atomic mass is 9.91. The topological polar surface area (TPSA) is 122 Å². The van der Waals surface area contributed by atoms with Crippen LogP contribution >= 0.6 is 0 Å². The smallest absolute Gasteiger partial charge is 0.332 e. The molecule has 0 amide bonds. The van der Waals surface area contributed by atoms with E-state index < -0.39 is 28.6 Å². The molecule has 0 fully saturated rings. The van der Waals surface area contributed by atoms with Crippen molar-refractivity contribution in [1.82, 2.24) is 9.13 Å². The molecule has 2 N–H and O–H groups in total. The largest absolute Gasteiger partial charge is 0.496 e. The van der Waals surface area contributed by atoms with E-state index in [2.05, 4.69) is 0 Å². The molecule has 9 heteroatoms. The first kappa shape index (κ1) is 17.3. The Labute approximate surface area is 137 Å². The van der Waals surface area contributed by atoms with Crippen molar-refractivity contribution in [1.29, 1.82) is 0 Å². The van der Waals surface area contributed by atoms with E-state index in [0.717, 1.165) is 9.13 Å². The molecule has 2 aromatic rings. The van der Waals surface area contributed by atoms with Gasteiger partial charge in [-0.1, -0.05) is 18.2 Å². The number of nitrogen functional groups attached to an aromatic ring is 1. The fourth-order valence-electron chi connectivity index (χ4n) is 2.66. The standard InChI is InChI=1S/C15H18N4O5/c1-17-13(16)12(14(20)18(2)15(17)21)10(8-19(22)23)9-6-4-5-7-11(9)24-3/h4-7,10H,8,16H2,1-3H3/t10-/m1/s1. The number of rotatable bonds is 5. The zero-order chi connectivity index (χ0) is 18.0. The van der Waals surface area contributed by atoms with E-state index in [1.807, 2.05) is 0 Å². The molecule has 0 radical (unpaired) electrons. The minimum absolute atomic E-state index is 0.000741. The number of aromatic nitrogens is 2. The Hall–Kier alpha value is -3.10. The predicted molar refractivity (Wildman–Crippen MR) is 88.0 cm³/mol. The van der Waals surface area contributed by atoms with Crippen molar-refractivity contribution < 1.29 is 9.66 Å². The Bertz CT molecular complexity index is 900. The van der Waals surface area contributed by atoms with Crippen molar-refractivity contribution in [3.63, 3.8) is 0 Å². The Kier molecular flexibility index (Phi) is 4.72. The van der Waals surface area contributed by atoms with Gasteiger partial charge in [0.15, 0.2) is 0 Å². The van der Waals surface area contributed by atoms with Crippen LogP contribution < -0.4 is 21.7 Å². The van der Waals surface area contributed by atoms with E-state index in [-0.39, 0.29) is 11.4 Å². The first-order chi connectivity index (χ1) is 11.3. The number of para-hydroxylation sites is 1. The van der Waals surface area contributed by atoms with Gasteiger partial charge in [0.1, 0.15) is 11.6 Å². The predicted octanol–water partition coefficient (Wildman–Crippen LogP) is 0.0834. The summed E-state index contributed by atoms with van der Waals surface area (Å²) in [5.74, 6) is -0.637. The van der Waals surface area contributed by atoms with Crippen molar-refractivity contribution >= 4 is 5.82 Å². The molecule has 0 spiro atoms. The summed E-state index contributed by atoms with van der Waals surface area (Å²) in [6.45, 7) is -0.558. The van der Waals surface area contributed by atoms with Crippen LogP contribution in [0.1, 0.15) is 17.0 Å². The highest BCUT2D eigenvalue weighted by atomic mass is 16.6. The van der Waals surface area contributed by atoms with Crippen molar-refractivity contribution in [3.8, 4) is 5.75 Å². The summed E-state index contributed by atoms with van der Waals surface area (Å²) >= 11 is 0. The zero-order valence-electron chi connectivity index (χ0n) is 13.6. The van der Waals surface area contributed by atoms with Crippen LogP contribution in [0, 0.1) is 10.1 Å². The summed E-state index contributed by atoms with van der Waals surface area (Å²) in [7, 11) is 4.15. The first-order valence-electron chi connectivity index (χ1n) is 7.09. The van der Waals surface area contributed by atoms with Gasteiger partial charge in [0.05, 0.1) is 18.6 Å². The molecule has 1 aromatic carbocycles. The maximum atomic E-state index is 12.6. The van der Waals surface area contributed by atoms with Gasteiger partial charge < -0.3 is 10.5 Å². The Balaban J connectivity index is 2.83. The van der Waals surface area contributed by atoms with Crippen LogP contribution in [0.25, 0.3) is 0 Å². The number of ether oxygens (including phenoxy) is 1. The fourth-order valence-corrected chi connectivity index (χ4v) is 2.66. The van der Waals surface area contributed by atoms with Crippen molar-refractivity contribution in [2.75, 3.05) is 19.4 Å². The van der Waals surface area contributed by atoms with Crippen LogP contribution in [0.15, 0.2) is 33.9 Å². The lowest BCUT2D eigenvalue weighted by Crippen LogP contribution is -2.42. The Morgan fingerprint density at radius 1 is 1.25 bits per heavy atom. The number of anilines is 1. The van der Waals surface area contributed by atoms with Gasteiger partial charge in [-0.15, -0.1) is 0 Å². The molecule has 128 valence electrons. The third kappa shape index (κ3) is 2.87. The molecule has 24 heavy (non-hydrogen) atoms. The lowest BCUT2D eigenvalue weighted by molar-refractivity contribution is -0.481. The molecule has 0 aliphatic carbocycles. The molecule has 0 saturated carbocycles. The van der Waals surface area contributed by atoms with Gasteiger partial charge in [0, 0.05) is 24.6 Å². The van der Waals surface area contributed by atoms with Crippen molar-refractivity contribution in [2.45, 2.75) is 5.92 Å².